The summed E-state index contributed by atoms with van der Waals surface area (Å²) in [6, 6.07) is 1.33. The van der Waals surface area contributed by atoms with Crippen LogP contribution in [-0.4, -0.2) is 15.4 Å². The van der Waals surface area contributed by atoms with Gasteiger partial charge in [0, 0.05) is 7.11 Å². The fraction of sp³-hybridized carbons (Fsp3) is 1.00. The normalized spacial score (nSPS) is 12.0. The summed E-state index contributed by atoms with van der Waals surface area (Å²) in [6.07, 6.45) is 9.84. The molecule has 14 heavy (non-hydrogen) atoms. The van der Waals surface area contributed by atoms with Gasteiger partial charge in [-0.15, -0.1) is 0 Å². The van der Waals surface area contributed by atoms with Crippen LogP contribution in [0.15, 0.2) is 0 Å². The zero-order chi connectivity index (χ0) is 10.9. The van der Waals surface area contributed by atoms with Crippen molar-refractivity contribution in [3.63, 3.8) is 0 Å². The van der Waals surface area contributed by atoms with Crippen molar-refractivity contribution in [3.8, 4) is 0 Å². The van der Waals surface area contributed by atoms with Crippen molar-refractivity contribution >= 4 is 8.32 Å². The zero-order valence-electron chi connectivity index (χ0n) is 10.6. The van der Waals surface area contributed by atoms with Crippen molar-refractivity contribution in [1.82, 2.24) is 0 Å². The van der Waals surface area contributed by atoms with Gasteiger partial charge in [-0.25, -0.2) is 0 Å². The maximum absolute atomic E-state index is 5.52. The predicted octanol–water partition coefficient (Wildman–Crippen LogP) is 4.59. The van der Waals surface area contributed by atoms with Gasteiger partial charge in [-0.05, 0) is 19.1 Å². The molecule has 0 aromatic carbocycles. The van der Waals surface area contributed by atoms with Crippen LogP contribution in [0, 0.1) is 0 Å². The SMILES string of the molecule is CCCCCCCCC[Si](C)(C)OC. The Labute approximate surface area is 91.4 Å². The quantitative estimate of drug-likeness (QED) is 0.405. The first kappa shape index (κ1) is 14.2. The lowest BCUT2D eigenvalue weighted by atomic mass is 10.1. The Hall–Kier alpha value is 0.177. The van der Waals surface area contributed by atoms with E-state index in [1.807, 2.05) is 7.11 Å². The number of hydrogen-bond acceptors (Lipinski definition) is 1. The highest BCUT2D eigenvalue weighted by Crippen LogP contribution is 2.16. The molecule has 0 aliphatic heterocycles. The van der Waals surface area contributed by atoms with E-state index >= 15 is 0 Å². The van der Waals surface area contributed by atoms with Gasteiger partial charge in [-0.2, -0.15) is 0 Å². The van der Waals surface area contributed by atoms with Crippen LogP contribution in [0.4, 0.5) is 0 Å². The molecule has 0 bridgehead atoms. The molecule has 0 unspecified atom stereocenters. The van der Waals surface area contributed by atoms with Crippen LogP contribution in [0.5, 0.6) is 0 Å². The second kappa shape index (κ2) is 8.48. The van der Waals surface area contributed by atoms with Gasteiger partial charge in [0.2, 0.25) is 0 Å². The van der Waals surface area contributed by atoms with Gasteiger partial charge in [0.25, 0.3) is 0 Å². The number of rotatable bonds is 9. The topological polar surface area (TPSA) is 9.23 Å². The summed E-state index contributed by atoms with van der Waals surface area (Å²) >= 11 is 0. The minimum absolute atomic E-state index is 1.25. The lowest BCUT2D eigenvalue weighted by Crippen LogP contribution is -2.27. The third-order valence-electron chi connectivity index (χ3n) is 2.93. The predicted molar refractivity (Wildman–Crippen MR) is 67.3 cm³/mol. The van der Waals surface area contributed by atoms with Crippen molar-refractivity contribution < 1.29 is 4.43 Å². The zero-order valence-corrected chi connectivity index (χ0v) is 11.6. The molecular formula is C12H28OSi. The first-order valence-electron chi connectivity index (χ1n) is 6.17. The molecular weight excluding hydrogens is 188 g/mol. The Morgan fingerprint density at radius 2 is 1.36 bits per heavy atom. The van der Waals surface area contributed by atoms with Crippen molar-refractivity contribution in [1.29, 1.82) is 0 Å². The van der Waals surface area contributed by atoms with Gasteiger partial charge < -0.3 is 4.43 Å². The summed E-state index contributed by atoms with van der Waals surface area (Å²) in [5.74, 6) is 0. The summed E-state index contributed by atoms with van der Waals surface area (Å²) in [6.45, 7) is 6.89. The molecule has 0 N–H and O–H groups in total. The minimum atomic E-state index is -1.25. The van der Waals surface area contributed by atoms with Gasteiger partial charge in [-0.3, -0.25) is 0 Å². The molecule has 1 nitrogen and oxygen atoms in total. The molecule has 0 atom stereocenters. The number of unbranched alkanes of at least 4 members (excludes halogenated alkanes) is 6. The second-order valence-corrected chi connectivity index (χ2v) is 9.26. The van der Waals surface area contributed by atoms with E-state index in [2.05, 4.69) is 20.0 Å². The monoisotopic (exact) mass is 216 g/mol. The van der Waals surface area contributed by atoms with E-state index in [9.17, 15) is 0 Å². The maximum atomic E-state index is 5.52. The lowest BCUT2D eigenvalue weighted by Gasteiger charge is -2.19. The third-order valence-corrected chi connectivity index (χ3v) is 5.60. The first-order valence-corrected chi connectivity index (χ1v) is 9.29. The molecule has 0 fully saturated rings. The van der Waals surface area contributed by atoms with Crippen molar-refractivity contribution in [2.75, 3.05) is 7.11 Å². The maximum Gasteiger partial charge on any atom is 0.186 e. The third kappa shape index (κ3) is 8.76. The molecule has 0 amide bonds. The highest BCUT2D eigenvalue weighted by molar-refractivity contribution is 6.71. The van der Waals surface area contributed by atoms with E-state index in [0.717, 1.165) is 0 Å². The van der Waals surface area contributed by atoms with Crippen molar-refractivity contribution in [2.45, 2.75) is 71.0 Å². The smallest absolute Gasteiger partial charge is 0.186 e. The largest absolute Gasteiger partial charge is 0.420 e. The molecule has 0 heterocycles. The highest BCUT2D eigenvalue weighted by atomic mass is 28.4. The lowest BCUT2D eigenvalue weighted by molar-refractivity contribution is 0.400. The second-order valence-electron chi connectivity index (χ2n) is 4.84. The van der Waals surface area contributed by atoms with E-state index < -0.39 is 8.32 Å². The van der Waals surface area contributed by atoms with Gasteiger partial charge >= 0.3 is 0 Å². The molecule has 86 valence electrons. The fourth-order valence-electron chi connectivity index (χ4n) is 1.61. The molecule has 0 saturated heterocycles. The fourth-order valence-corrected chi connectivity index (χ4v) is 2.92. The average molecular weight is 216 g/mol. The molecule has 0 aliphatic carbocycles. The van der Waals surface area contributed by atoms with E-state index in [1.54, 1.807) is 0 Å². The van der Waals surface area contributed by atoms with Crippen LogP contribution < -0.4 is 0 Å². The van der Waals surface area contributed by atoms with E-state index in [1.165, 1.54) is 51.0 Å². The molecule has 0 aromatic heterocycles. The summed E-state index contributed by atoms with van der Waals surface area (Å²) in [5, 5.41) is 0. The van der Waals surface area contributed by atoms with Crippen LogP contribution in [-0.2, 0) is 4.43 Å². The van der Waals surface area contributed by atoms with Crippen molar-refractivity contribution in [2.24, 2.45) is 0 Å². The Morgan fingerprint density at radius 1 is 0.857 bits per heavy atom. The molecule has 0 aromatic rings. The minimum Gasteiger partial charge on any atom is -0.420 e. The summed E-state index contributed by atoms with van der Waals surface area (Å²) < 4.78 is 5.52. The van der Waals surface area contributed by atoms with Crippen LogP contribution in [0.25, 0.3) is 0 Å². The van der Waals surface area contributed by atoms with Crippen LogP contribution in [0.2, 0.25) is 19.1 Å². The molecule has 0 rings (SSSR count). The Kier molecular flexibility index (Phi) is 8.59. The Morgan fingerprint density at radius 3 is 1.86 bits per heavy atom. The Bertz CT molecular complexity index is 123. The van der Waals surface area contributed by atoms with Gasteiger partial charge in [0.05, 0.1) is 0 Å². The van der Waals surface area contributed by atoms with E-state index in [4.69, 9.17) is 4.43 Å². The summed E-state index contributed by atoms with van der Waals surface area (Å²) in [4.78, 5) is 0. The van der Waals surface area contributed by atoms with Crippen molar-refractivity contribution in [3.05, 3.63) is 0 Å². The molecule has 0 saturated carbocycles. The standard InChI is InChI=1S/C12H28OSi/c1-5-6-7-8-9-10-11-12-14(3,4)13-2/h5-12H2,1-4H3. The highest BCUT2D eigenvalue weighted by Gasteiger charge is 2.18. The van der Waals surface area contributed by atoms with Gasteiger partial charge in [0.1, 0.15) is 0 Å². The summed E-state index contributed by atoms with van der Waals surface area (Å²) in [5.41, 5.74) is 0. The summed E-state index contributed by atoms with van der Waals surface area (Å²) in [7, 11) is 0.616. The number of hydrogen-bond donors (Lipinski definition) is 0. The van der Waals surface area contributed by atoms with Crippen LogP contribution in [0.3, 0.4) is 0 Å². The van der Waals surface area contributed by atoms with Gasteiger partial charge in [-0.1, -0.05) is 51.9 Å². The van der Waals surface area contributed by atoms with E-state index in [0.29, 0.717) is 0 Å². The van der Waals surface area contributed by atoms with E-state index in [-0.39, 0.29) is 0 Å². The molecule has 0 spiro atoms. The van der Waals surface area contributed by atoms with Gasteiger partial charge in [0.15, 0.2) is 8.32 Å². The first-order chi connectivity index (χ1) is 6.62. The molecule has 0 radical (unpaired) electrons. The molecule has 2 heteroatoms. The average Bonchev–Trinajstić information content (AvgIpc) is 2.16. The van der Waals surface area contributed by atoms with Crippen LogP contribution in [0.1, 0.15) is 51.9 Å². The molecule has 0 aliphatic rings. The van der Waals surface area contributed by atoms with Crippen LogP contribution >= 0.6 is 0 Å². The Balaban J connectivity index is 3.13.